The zero-order chi connectivity index (χ0) is 12.8. The van der Waals surface area contributed by atoms with E-state index in [1.165, 1.54) is 37.7 Å². The van der Waals surface area contributed by atoms with E-state index >= 15 is 0 Å². The molecule has 0 aromatic carbocycles. The van der Waals surface area contributed by atoms with Crippen molar-refractivity contribution < 1.29 is 0 Å². The lowest BCUT2D eigenvalue weighted by molar-refractivity contribution is 0.466. The van der Waals surface area contributed by atoms with Crippen LogP contribution in [0, 0.1) is 5.92 Å². The maximum Gasteiger partial charge on any atom is 0.0521 e. The summed E-state index contributed by atoms with van der Waals surface area (Å²) in [6.45, 7) is 6.74. The summed E-state index contributed by atoms with van der Waals surface area (Å²) in [5, 5.41) is 8.01. The molecule has 0 atom stereocenters. The van der Waals surface area contributed by atoms with Crippen LogP contribution in [0.1, 0.15) is 57.6 Å². The highest BCUT2D eigenvalue weighted by atomic mass is 15.3. The maximum absolute atomic E-state index is 4.52. The molecular weight excluding hydrogens is 222 g/mol. The molecule has 1 aliphatic carbocycles. The number of hydrogen-bond donors (Lipinski definition) is 1. The summed E-state index contributed by atoms with van der Waals surface area (Å²) in [7, 11) is 0. The van der Waals surface area contributed by atoms with Gasteiger partial charge in [0.1, 0.15) is 0 Å². The van der Waals surface area contributed by atoms with Gasteiger partial charge in [0.25, 0.3) is 0 Å². The standard InChI is InChI=1S/C15H27N3/c1-13(2)10-16-9-5-6-14-11-17-18(12-14)15-7-3-4-8-15/h11-13,15-16H,3-10H2,1-2H3. The lowest BCUT2D eigenvalue weighted by atomic mass is 10.2. The van der Waals surface area contributed by atoms with E-state index < -0.39 is 0 Å². The number of aryl methyl sites for hydroxylation is 1. The van der Waals surface area contributed by atoms with Crippen LogP contribution >= 0.6 is 0 Å². The Morgan fingerprint density at radius 1 is 1.39 bits per heavy atom. The number of rotatable bonds is 7. The van der Waals surface area contributed by atoms with E-state index in [9.17, 15) is 0 Å². The van der Waals surface area contributed by atoms with Gasteiger partial charge in [-0.15, -0.1) is 0 Å². The molecule has 18 heavy (non-hydrogen) atoms. The Morgan fingerprint density at radius 2 is 2.17 bits per heavy atom. The van der Waals surface area contributed by atoms with Gasteiger partial charge in [-0.05, 0) is 50.3 Å². The summed E-state index contributed by atoms with van der Waals surface area (Å²) in [4.78, 5) is 0. The molecule has 1 heterocycles. The lowest BCUT2D eigenvalue weighted by Gasteiger charge is -2.08. The average Bonchev–Trinajstić information content (AvgIpc) is 2.98. The number of hydrogen-bond acceptors (Lipinski definition) is 2. The second-order valence-corrected chi connectivity index (χ2v) is 5.97. The van der Waals surface area contributed by atoms with E-state index in [1.54, 1.807) is 0 Å². The smallest absolute Gasteiger partial charge is 0.0521 e. The first kappa shape index (κ1) is 13.6. The fraction of sp³-hybridized carbons (Fsp3) is 0.800. The van der Waals surface area contributed by atoms with Crippen LogP contribution in [0.5, 0.6) is 0 Å². The first-order valence-electron chi connectivity index (χ1n) is 7.49. The highest BCUT2D eigenvalue weighted by molar-refractivity contribution is 5.05. The fourth-order valence-electron chi connectivity index (χ4n) is 2.68. The minimum absolute atomic E-state index is 0.679. The van der Waals surface area contributed by atoms with Gasteiger partial charge in [0, 0.05) is 6.20 Å². The van der Waals surface area contributed by atoms with Gasteiger partial charge in [0.2, 0.25) is 0 Å². The minimum atomic E-state index is 0.679. The summed E-state index contributed by atoms with van der Waals surface area (Å²) in [5.41, 5.74) is 1.40. The monoisotopic (exact) mass is 249 g/mol. The van der Waals surface area contributed by atoms with E-state index in [-0.39, 0.29) is 0 Å². The van der Waals surface area contributed by atoms with Crippen LogP contribution in [0.3, 0.4) is 0 Å². The van der Waals surface area contributed by atoms with Crippen LogP contribution in [0.4, 0.5) is 0 Å². The molecule has 1 saturated carbocycles. The van der Waals surface area contributed by atoms with Crippen molar-refractivity contribution in [3.8, 4) is 0 Å². The molecule has 0 aliphatic heterocycles. The highest BCUT2D eigenvalue weighted by Gasteiger charge is 2.17. The van der Waals surface area contributed by atoms with Crippen molar-refractivity contribution in [2.75, 3.05) is 13.1 Å². The third-order valence-corrected chi connectivity index (χ3v) is 3.73. The Balaban J connectivity index is 1.67. The topological polar surface area (TPSA) is 29.9 Å². The van der Waals surface area contributed by atoms with Gasteiger partial charge in [-0.25, -0.2) is 0 Å². The Bertz CT molecular complexity index is 337. The van der Waals surface area contributed by atoms with E-state index in [2.05, 4.69) is 41.3 Å². The average molecular weight is 249 g/mol. The normalized spacial score (nSPS) is 16.8. The molecule has 3 nitrogen and oxygen atoms in total. The van der Waals surface area contributed by atoms with E-state index in [0.29, 0.717) is 6.04 Å². The molecule has 0 unspecified atom stereocenters. The Labute approximate surface area is 111 Å². The van der Waals surface area contributed by atoms with Crippen LogP contribution in [0.2, 0.25) is 0 Å². The van der Waals surface area contributed by atoms with Crippen LogP contribution in [0.15, 0.2) is 12.4 Å². The van der Waals surface area contributed by atoms with Crippen molar-refractivity contribution in [1.82, 2.24) is 15.1 Å². The van der Waals surface area contributed by atoms with E-state index in [0.717, 1.165) is 25.4 Å². The van der Waals surface area contributed by atoms with Crippen LogP contribution in [-0.4, -0.2) is 22.9 Å². The number of nitrogens with one attached hydrogen (secondary N) is 1. The third-order valence-electron chi connectivity index (χ3n) is 3.73. The highest BCUT2D eigenvalue weighted by Crippen LogP contribution is 2.28. The molecule has 0 saturated heterocycles. The van der Waals surface area contributed by atoms with Gasteiger partial charge in [-0.1, -0.05) is 26.7 Å². The van der Waals surface area contributed by atoms with Crippen molar-refractivity contribution in [2.45, 2.75) is 58.4 Å². The quantitative estimate of drug-likeness (QED) is 0.752. The number of nitrogens with zero attached hydrogens (tertiary/aromatic N) is 2. The molecular formula is C15H27N3. The first-order chi connectivity index (χ1) is 8.75. The summed E-state index contributed by atoms with van der Waals surface area (Å²) in [5.74, 6) is 0.745. The summed E-state index contributed by atoms with van der Waals surface area (Å²) < 4.78 is 2.20. The van der Waals surface area contributed by atoms with Crippen molar-refractivity contribution in [1.29, 1.82) is 0 Å². The summed E-state index contributed by atoms with van der Waals surface area (Å²) >= 11 is 0. The first-order valence-corrected chi connectivity index (χ1v) is 7.49. The molecule has 102 valence electrons. The summed E-state index contributed by atoms with van der Waals surface area (Å²) in [6.07, 6.45) is 12.1. The minimum Gasteiger partial charge on any atom is -0.316 e. The SMILES string of the molecule is CC(C)CNCCCc1cnn(C2CCCC2)c1. The molecule has 0 bridgehead atoms. The Hall–Kier alpha value is -0.830. The van der Waals surface area contributed by atoms with Crippen molar-refractivity contribution in [3.63, 3.8) is 0 Å². The van der Waals surface area contributed by atoms with Gasteiger partial charge in [0.05, 0.1) is 12.2 Å². The molecule has 0 spiro atoms. The van der Waals surface area contributed by atoms with Crippen LogP contribution in [-0.2, 0) is 6.42 Å². The Morgan fingerprint density at radius 3 is 2.89 bits per heavy atom. The van der Waals surface area contributed by atoms with Gasteiger partial charge in [-0.3, -0.25) is 4.68 Å². The molecule has 0 amide bonds. The molecule has 1 aromatic rings. The van der Waals surface area contributed by atoms with Crippen molar-refractivity contribution in [3.05, 3.63) is 18.0 Å². The number of aromatic nitrogens is 2. The molecule has 1 N–H and O–H groups in total. The molecule has 1 aliphatic rings. The molecule has 0 radical (unpaired) electrons. The zero-order valence-electron chi connectivity index (χ0n) is 11.9. The second-order valence-electron chi connectivity index (χ2n) is 5.97. The Kier molecular flexibility index (Phi) is 5.24. The van der Waals surface area contributed by atoms with Crippen LogP contribution in [0.25, 0.3) is 0 Å². The van der Waals surface area contributed by atoms with Crippen molar-refractivity contribution >= 4 is 0 Å². The molecule has 2 rings (SSSR count). The van der Waals surface area contributed by atoms with Crippen LogP contribution < -0.4 is 5.32 Å². The third kappa shape index (κ3) is 4.13. The van der Waals surface area contributed by atoms with Gasteiger partial charge in [0.15, 0.2) is 0 Å². The van der Waals surface area contributed by atoms with Crippen molar-refractivity contribution in [2.24, 2.45) is 5.92 Å². The predicted molar refractivity (Wildman–Crippen MR) is 75.8 cm³/mol. The maximum atomic E-state index is 4.52. The lowest BCUT2D eigenvalue weighted by Crippen LogP contribution is -2.21. The van der Waals surface area contributed by atoms with E-state index in [4.69, 9.17) is 0 Å². The zero-order valence-corrected chi connectivity index (χ0v) is 11.9. The fourth-order valence-corrected chi connectivity index (χ4v) is 2.68. The van der Waals surface area contributed by atoms with Gasteiger partial charge >= 0.3 is 0 Å². The summed E-state index contributed by atoms with van der Waals surface area (Å²) in [6, 6.07) is 0.679. The van der Waals surface area contributed by atoms with E-state index in [1.807, 2.05) is 0 Å². The molecule has 1 aromatic heterocycles. The van der Waals surface area contributed by atoms with Gasteiger partial charge < -0.3 is 5.32 Å². The largest absolute Gasteiger partial charge is 0.316 e. The van der Waals surface area contributed by atoms with Gasteiger partial charge in [-0.2, -0.15) is 5.10 Å². The molecule has 3 heteroatoms. The molecule has 1 fully saturated rings. The predicted octanol–water partition coefficient (Wildman–Crippen LogP) is 3.18. The second kappa shape index (κ2) is 6.93.